The summed E-state index contributed by atoms with van der Waals surface area (Å²) in [6, 6.07) is 12.1. The zero-order valence-electron chi connectivity index (χ0n) is 13.7. The Morgan fingerprint density at radius 3 is 2.84 bits per heavy atom. The number of amides is 1. The summed E-state index contributed by atoms with van der Waals surface area (Å²) in [5.74, 6) is 0.531. The zero-order valence-corrected chi connectivity index (χ0v) is 14.5. The standard InChI is InChI=1S/C19H19N3O2S/c20-8-15-9-22(10-16(15)13-4-2-1-3-5-13)19(23)17-12-25-18(21-17)14-6-7-24-11-14/h1-7,11-12,15-16H,8-10,20H2/t15-,16+/m1/s1. The van der Waals surface area contributed by atoms with Crippen molar-refractivity contribution in [2.45, 2.75) is 5.92 Å². The number of carbonyl (C=O) groups is 1. The van der Waals surface area contributed by atoms with E-state index in [9.17, 15) is 4.79 Å². The molecule has 4 rings (SSSR count). The third-order valence-electron chi connectivity index (χ3n) is 4.75. The maximum absolute atomic E-state index is 12.9. The zero-order chi connectivity index (χ0) is 17.2. The number of hydrogen-bond acceptors (Lipinski definition) is 5. The van der Waals surface area contributed by atoms with Gasteiger partial charge >= 0.3 is 0 Å². The highest BCUT2D eigenvalue weighted by atomic mass is 32.1. The first-order valence-corrected chi connectivity index (χ1v) is 9.16. The van der Waals surface area contributed by atoms with Crippen LogP contribution < -0.4 is 5.73 Å². The Balaban J connectivity index is 1.53. The minimum Gasteiger partial charge on any atom is -0.472 e. The Labute approximate surface area is 150 Å². The lowest BCUT2D eigenvalue weighted by atomic mass is 9.89. The minimum atomic E-state index is -0.0251. The van der Waals surface area contributed by atoms with Crippen LogP contribution in [0.15, 0.2) is 58.7 Å². The fourth-order valence-electron chi connectivity index (χ4n) is 3.41. The van der Waals surface area contributed by atoms with Crippen LogP contribution in [0.1, 0.15) is 22.0 Å². The Kier molecular flexibility index (Phi) is 4.38. The van der Waals surface area contributed by atoms with Crippen molar-refractivity contribution in [2.75, 3.05) is 19.6 Å². The summed E-state index contributed by atoms with van der Waals surface area (Å²) in [4.78, 5) is 19.2. The van der Waals surface area contributed by atoms with Crippen LogP contribution in [-0.4, -0.2) is 35.4 Å². The fraction of sp³-hybridized carbons (Fsp3) is 0.263. The van der Waals surface area contributed by atoms with Crippen molar-refractivity contribution >= 4 is 17.2 Å². The number of nitrogens with zero attached hydrogens (tertiary/aromatic N) is 2. The van der Waals surface area contributed by atoms with Gasteiger partial charge in [0.1, 0.15) is 17.0 Å². The molecule has 1 aliphatic rings. The molecule has 0 bridgehead atoms. The highest BCUT2D eigenvalue weighted by Gasteiger charge is 2.36. The molecule has 6 heteroatoms. The largest absolute Gasteiger partial charge is 0.472 e. The number of likely N-dealkylation sites (tertiary alicyclic amines) is 1. The smallest absolute Gasteiger partial charge is 0.273 e. The molecule has 1 aromatic carbocycles. The lowest BCUT2D eigenvalue weighted by molar-refractivity contribution is 0.0781. The van der Waals surface area contributed by atoms with Crippen LogP contribution in [0, 0.1) is 5.92 Å². The number of thiazole rings is 1. The monoisotopic (exact) mass is 353 g/mol. The molecule has 1 amide bonds. The maximum Gasteiger partial charge on any atom is 0.273 e. The number of benzene rings is 1. The average Bonchev–Trinajstić information content (AvgIpc) is 3.41. The molecule has 2 atom stereocenters. The van der Waals surface area contributed by atoms with Gasteiger partial charge in [0, 0.05) is 30.0 Å². The summed E-state index contributed by atoms with van der Waals surface area (Å²) in [6.45, 7) is 1.93. The predicted octanol–water partition coefficient (Wildman–Crippen LogP) is 3.22. The summed E-state index contributed by atoms with van der Waals surface area (Å²) in [6.07, 6.45) is 3.24. The van der Waals surface area contributed by atoms with Crippen LogP contribution in [0.25, 0.3) is 10.6 Å². The number of rotatable bonds is 4. The van der Waals surface area contributed by atoms with E-state index in [1.54, 1.807) is 12.5 Å². The van der Waals surface area contributed by atoms with Gasteiger partial charge in [-0.1, -0.05) is 30.3 Å². The molecule has 3 aromatic rings. The Hall–Kier alpha value is -2.44. The van der Waals surface area contributed by atoms with Gasteiger partial charge in [0.15, 0.2) is 0 Å². The van der Waals surface area contributed by atoms with E-state index < -0.39 is 0 Å². The maximum atomic E-state index is 12.9. The molecule has 2 aromatic heterocycles. The molecule has 2 N–H and O–H groups in total. The van der Waals surface area contributed by atoms with Crippen LogP contribution >= 0.6 is 11.3 Å². The van der Waals surface area contributed by atoms with E-state index in [1.807, 2.05) is 34.5 Å². The van der Waals surface area contributed by atoms with Gasteiger partial charge in [-0.05, 0) is 24.1 Å². The van der Waals surface area contributed by atoms with E-state index >= 15 is 0 Å². The second-order valence-electron chi connectivity index (χ2n) is 6.27. The van der Waals surface area contributed by atoms with E-state index in [-0.39, 0.29) is 17.7 Å². The summed E-state index contributed by atoms with van der Waals surface area (Å²) >= 11 is 1.45. The van der Waals surface area contributed by atoms with Gasteiger partial charge in [-0.15, -0.1) is 11.3 Å². The lowest BCUT2D eigenvalue weighted by Crippen LogP contribution is -2.30. The van der Waals surface area contributed by atoms with E-state index in [4.69, 9.17) is 10.2 Å². The molecule has 5 nitrogen and oxygen atoms in total. The Morgan fingerprint density at radius 2 is 2.12 bits per heavy atom. The van der Waals surface area contributed by atoms with Gasteiger partial charge in [-0.2, -0.15) is 0 Å². The van der Waals surface area contributed by atoms with Gasteiger partial charge < -0.3 is 15.1 Å². The molecule has 1 saturated heterocycles. The third kappa shape index (κ3) is 3.10. The third-order valence-corrected chi connectivity index (χ3v) is 5.64. The number of carbonyl (C=O) groups excluding carboxylic acids is 1. The van der Waals surface area contributed by atoms with Crippen molar-refractivity contribution in [1.82, 2.24) is 9.88 Å². The van der Waals surface area contributed by atoms with Gasteiger partial charge in [0.25, 0.3) is 5.91 Å². The highest BCUT2D eigenvalue weighted by Crippen LogP contribution is 2.33. The van der Waals surface area contributed by atoms with Gasteiger partial charge in [-0.3, -0.25) is 4.79 Å². The summed E-state index contributed by atoms with van der Waals surface area (Å²) in [7, 11) is 0. The Bertz CT molecular complexity index is 845. The van der Waals surface area contributed by atoms with Crippen LogP contribution in [0.2, 0.25) is 0 Å². The molecule has 0 radical (unpaired) electrons. The molecule has 1 fully saturated rings. The fourth-order valence-corrected chi connectivity index (χ4v) is 4.19. The van der Waals surface area contributed by atoms with Gasteiger partial charge in [-0.25, -0.2) is 4.98 Å². The van der Waals surface area contributed by atoms with Gasteiger partial charge in [0.2, 0.25) is 0 Å². The molecule has 3 heterocycles. The number of nitrogens with two attached hydrogens (primary N) is 1. The normalized spacial score (nSPS) is 20.1. The van der Waals surface area contributed by atoms with Crippen LogP contribution in [0.4, 0.5) is 0 Å². The molecule has 128 valence electrons. The molecular formula is C19H19N3O2S. The van der Waals surface area contributed by atoms with E-state index in [0.717, 1.165) is 10.6 Å². The lowest BCUT2D eigenvalue weighted by Gasteiger charge is -2.16. The number of hydrogen-bond donors (Lipinski definition) is 1. The second-order valence-corrected chi connectivity index (χ2v) is 7.13. The molecule has 25 heavy (non-hydrogen) atoms. The van der Waals surface area contributed by atoms with E-state index in [2.05, 4.69) is 17.1 Å². The number of furan rings is 1. The Morgan fingerprint density at radius 1 is 1.28 bits per heavy atom. The van der Waals surface area contributed by atoms with Crippen molar-refractivity contribution < 1.29 is 9.21 Å². The van der Waals surface area contributed by atoms with Crippen molar-refractivity contribution in [2.24, 2.45) is 11.7 Å². The quantitative estimate of drug-likeness (QED) is 0.782. The van der Waals surface area contributed by atoms with Crippen molar-refractivity contribution in [3.05, 3.63) is 65.6 Å². The molecular weight excluding hydrogens is 334 g/mol. The SMILES string of the molecule is NC[C@@H]1CN(C(=O)c2csc(-c3ccoc3)n2)C[C@H]1c1ccccc1. The topological polar surface area (TPSA) is 72.4 Å². The summed E-state index contributed by atoms with van der Waals surface area (Å²) in [5.41, 5.74) is 8.60. The van der Waals surface area contributed by atoms with Crippen molar-refractivity contribution in [1.29, 1.82) is 0 Å². The molecule has 0 aliphatic carbocycles. The first-order valence-electron chi connectivity index (χ1n) is 8.28. The molecule has 0 unspecified atom stereocenters. The van der Waals surface area contributed by atoms with Crippen LogP contribution in [0.3, 0.4) is 0 Å². The first kappa shape index (κ1) is 16.1. The van der Waals surface area contributed by atoms with Crippen LogP contribution in [-0.2, 0) is 0 Å². The predicted molar refractivity (Wildman–Crippen MR) is 97.4 cm³/mol. The minimum absolute atomic E-state index is 0.0251. The van der Waals surface area contributed by atoms with E-state index in [0.29, 0.717) is 25.3 Å². The average molecular weight is 353 g/mol. The van der Waals surface area contributed by atoms with Crippen molar-refractivity contribution in [3.63, 3.8) is 0 Å². The highest BCUT2D eigenvalue weighted by molar-refractivity contribution is 7.13. The van der Waals surface area contributed by atoms with E-state index in [1.165, 1.54) is 16.9 Å². The number of aromatic nitrogens is 1. The summed E-state index contributed by atoms with van der Waals surface area (Å²) in [5, 5.41) is 2.61. The van der Waals surface area contributed by atoms with Gasteiger partial charge in [0.05, 0.1) is 6.26 Å². The molecule has 0 spiro atoms. The molecule has 1 aliphatic heterocycles. The van der Waals surface area contributed by atoms with Crippen molar-refractivity contribution in [3.8, 4) is 10.6 Å². The molecule has 0 saturated carbocycles. The second kappa shape index (κ2) is 6.82. The first-order chi connectivity index (χ1) is 12.3. The summed E-state index contributed by atoms with van der Waals surface area (Å²) < 4.78 is 5.09. The van der Waals surface area contributed by atoms with Crippen LogP contribution in [0.5, 0.6) is 0 Å².